The first-order chi connectivity index (χ1) is 9.29. The number of cyclic esters (lactones) is 1. The summed E-state index contributed by atoms with van der Waals surface area (Å²) in [4.78, 5) is 11.5. The van der Waals surface area contributed by atoms with Crippen LogP contribution in [0, 0.1) is 5.92 Å². The van der Waals surface area contributed by atoms with Crippen molar-refractivity contribution in [3.63, 3.8) is 0 Å². The van der Waals surface area contributed by atoms with Crippen LogP contribution >= 0.6 is 0 Å². The zero-order valence-electron chi connectivity index (χ0n) is 12.3. The molecule has 0 spiro atoms. The Bertz CT molecular complexity index is 292. The second-order valence-electron chi connectivity index (χ2n) is 5.48. The minimum Gasteiger partial charge on any atom is -0.465 e. The van der Waals surface area contributed by atoms with Crippen LogP contribution in [0.5, 0.6) is 0 Å². The number of carbonyl (C=O) groups excluding carboxylic acids is 1. The van der Waals surface area contributed by atoms with Crippen molar-refractivity contribution in [2.24, 2.45) is 5.92 Å². The molecule has 0 aromatic heterocycles. The largest absolute Gasteiger partial charge is 0.465 e. The van der Waals surface area contributed by atoms with Gasteiger partial charge in [-0.25, -0.2) is 0 Å². The van der Waals surface area contributed by atoms with Crippen LogP contribution in [-0.4, -0.2) is 12.6 Å². The number of esters is 1. The standard InChI is InChI=1S/C17H28O2/c1-16-12-10-8-6-4-2-3-5-7-9-11-13-17(18)19-15-14-16/h2,4,9,11,16H,3,5-8,10,12-15H2,1H3/b4-2+,11-9+. The third-order valence-corrected chi connectivity index (χ3v) is 3.55. The molecule has 1 unspecified atom stereocenters. The molecule has 2 nitrogen and oxygen atoms in total. The van der Waals surface area contributed by atoms with Crippen LogP contribution in [0.1, 0.15) is 64.7 Å². The number of hydrogen-bond acceptors (Lipinski definition) is 2. The molecule has 0 saturated carbocycles. The van der Waals surface area contributed by atoms with Crippen molar-refractivity contribution in [1.82, 2.24) is 0 Å². The molecule has 1 heterocycles. The van der Waals surface area contributed by atoms with Gasteiger partial charge in [0.2, 0.25) is 0 Å². The Morgan fingerprint density at radius 3 is 2.42 bits per heavy atom. The van der Waals surface area contributed by atoms with Gasteiger partial charge in [0, 0.05) is 0 Å². The first-order valence-electron chi connectivity index (χ1n) is 7.74. The van der Waals surface area contributed by atoms with Crippen molar-refractivity contribution in [3.05, 3.63) is 24.3 Å². The van der Waals surface area contributed by atoms with Crippen molar-refractivity contribution < 1.29 is 9.53 Å². The number of ether oxygens (including phenoxy) is 1. The van der Waals surface area contributed by atoms with Gasteiger partial charge in [-0.1, -0.05) is 44.1 Å². The Labute approximate surface area is 117 Å². The van der Waals surface area contributed by atoms with Gasteiger partial charge in [-0.2, -0.15) is 0 Å². The van der Waals surface area contributed by atoms with Crippen LogP contribution in [-0.2, 0) is 9.53 Å². The topological polar surface area (TPSA) is 26.3 Å². The van der Waals surface area contributed by atoms with E-state index in [2.05, 4.69) is 25.2 Å². The van der Waals surface area contributed by atoms with Gasteiger partial charge >= 0.3 is 5.97 Å². The molecule has 19 heavy (non-hydrogen) atoms. The maximum Gasteiger partial charge on any atom is 0.309 e. The van der Waals surface area contributed by atoms with E-state index in [1.54, 1.807) is 0 Å². The van der Waals surface area contributed by atoms with Gasteiger partial charge in [-0.15, -0.1) is 0 Å². The monoisotopic (exact) mass is 264 g/mol. The smallest absolute Gasteiger partial charge is 0.309 e. The highest BCUT2D eigenvalue weighted by Gasteiger charge is 2.04. The quantitative estimate of drug-likeness (QED) is 0.464. The molecule has 0 aliphatic carbocycles. The first kappa shape index (κ1) is 16.0. The van der Waals surface area contributed by atoms with E-state index < -0.39 is 0 Å². The molecule has 0 amide bonds. The Balaban J connectivity index is 2.32. The molecule has 0 saturated heterocycles. The Morgan fingerprint density at radius 1 is 0.947 bits per heavy atom. The molecular weight excluding hydrogens is 236 g/mol. The predicted octanol–water partition coefficient (Wildman–Crippen LogP) is 4.80. The maximum absolute atomic E-state index is 11.5. The van der Waals surface area contributed by atoms with Gasteiger partial charge in [-0.05, 0) is 44.4 Å². The summed E-state index contributed by atoms with van der Waals surface area (Å²) in [6.45, 7) is 2.82. The Kier molecular flexibility index (Phi) is 9.13. The summed E-state index contributed by atoms with van der Waals surface area (Å²) in [6, 6.07) is 0. The second-order valence-corrected chi connectivity index (χ2v) is 5.48. The highest BCUT2D eigenvalue weighted by Crippen LogP contribution is 2.14. The summed E-state index contributed by atoms with van der Waals surface area (Å²) >= 11 is 0. The van der Waals surface area contributed by atoms with Crippen LogP contribution in [0.2, 0.25) is 0 Å². The van der Waals surface area contributed by atoms with Crippen LogP contribution in [0.15, 0.2) is 24.3 Å². The Hall–Kier alpha value is -1.05. The number of carbonyl (C=O) groups is 1. The summed E-state index contributed by atoms with van der Waals surface area (Å²) in [5.41, 5.74) is 0. The van der Waals surface area contributed by atoms with E-state index in [4.69, 9.17) is 4.74 Å². The fourth-order valence-electron chi connectivity index (χ4n) is 2.22. The number of rotatable bonds is 0. The molecule has 1 aliphatic rings. The van der Waals surface area contributed by atoms with E-state index in [1.807, 2.05) is 6.08 Å². The van der Waals surface area contributed by atoms with Gasteiger partial charge in [0.05, 0.1) is 13.0 Å². The molecule has 2 heteroatoms. The van der Waals surface area contributed by atoms with Crippen molar-refractivity contribution in [2.75, 3.05) is 6.61 Å². The molecule has 0 bridgehead atoms. The van der Waals surface area contributed by atoms with Crippen LogP contribution in [0.3, 0.4) is 0 Å². The molecule has 1 rings (SSSR count). The minimum atomic E-state index is -0.0901. The summed E-state index contributed by atoms with van der Waals surface area (Å²) in [7, 11) is 0. The number of hydrogen-bond donors (Lipinski definition) is 0. The second kappa shape index (κ2) is 10.8. The predicted molar refractivity (Wildman–Crippen MR) is 80.0 cm³/mol. The summed E-state index contributed by atoms with van der Waals surface area (Å²) in [6.07, 6.45) is 18.4. The SMILES string of the molecule is CC1CCCC/C=C/CCC/C=C/CC(=O)OCC1. The van der Waals surface area contributed by atoms with Gasteiger partial charge in [0.1, 0.15) is 0 Å². The molecule has 0 radical (unpaired) electrons. The first-order valence-corrected chi connectivity index (χ1v) is 7.74. The van der Waals surface area contributed by atoms with Crippen LogP contribution < -0.4 is 0 Å². The average Bonchev–Trinajstić information content (AvgIpc) is 2.39. The zero-order chi connectivity index (χ0) is 13.8. The summed E-state index contributed by atoms with van der Waals surface area (Å²) in [5.74, 6) is 0.565. The molecule has 0 fully saturated rings. The highest BCUT2D eigenvalue weighted by atomic mass is 16.5. The van der Waals surface area contributed by atoms with E-state index in [9.17, 15) is 4.79 Å². The molecule has 0 aromatic rings. The lowest BCUT2D eigenvalue weighted by molar-refractivity contribution is -0.142. The zero-order valence-corrected chi connectivity index (χ0v) is 12.3. The van der Waals surface area contributed by atoms with E-state index >= 15 is 0 Å². The van der Waals surface area contributed by atoms with Gasteiger partial charge in [0.15, 0.2) is 0 Å². The Morgan fingerprint density at radius 2 is 1.63 bits per heavy atom. The number of allylic oxidation sites excluding steroid dienone is 3. The third kappa shape index (κ3) is 9.52. The van der Waals surface area contributed by atoms with E-state index in [-0.39, 0.29) is 5.97 Å². The molecule has 1 aliphatic heterocycles. The van der Waals surface area contributed by atoms with Gasteiger partial charge in [0.25, 0.3) is 0 Å². The van der Waals surface area contributed by atoms with E-state index in [0.717, 1.165) is 19.3 Å². The lowest BCUT2D eigenvalue weighted by atomic mass is 10.0. The van der Waals surface area contributed by atoms with Crippen molar-refractivity contribution in [3.8, 4) is 0 Å². The molecule has 0 N–H and O–H groups in total. The van der Waals surface area contributed by atoms with Gasteiger partial charge < -0.3 is 4.74 Å². The van der Waals surface area contributed by atoms with Crippen molar-refractivity contribution >= 4 is 5.97 Å². The van der Waals surface area contributed by atoms with Crippen molar-refractivity contribution in [2.45, 2.75) is 64.7 Å². The minimum absolute atomic E-state index is 0.0901. The fraction of sp³-hybridized carbons (Fsp3) is 0.706. The lowest BCUT2D eigenvalue weighted by Gasteiger charge is -2.10. The van der Waals surface area contributed by atoms with Crippen molar-refractivity contribution in [1.29, 1.82) is 0 Å². The molecule has 108 valence electrons. The van der Waals surface area contributed by atoms with Gasteiger partial charge in [-0.3, -0.25) is 4.79 Å². The van der Waals surface area contributed by atoms with Crippen LogP contribution in [0.4, 0.5) is 0 Å². The average molecular weight is 264 g/mol. The molecule has 0 aromatic carbocycles. The fourth-order valence-corrected chi connectivity index (χ4v) is 2.22. The van der Waals surface area contributed by atoms with E-state index in [1.165, 1.54) is 32.1 Å². The van der Waals surface area contributed by atoms with E-state index in [0.29, 0.717) is 18.9 Å². The molecular formula is C17H28O2. The highest BCUT2D eigenvalue weighted by molar-refractivity contribution is 5.71. The summed E-state index contributed by atoms with van der Waals surface area (Å²) < 4.78 is 5.24. The lowest BCUT2D eigenvalue weighted by Crippen LogP contribution is -2.07. The normalized spacial score (nSPS) is 28.1. The third-order valence-electron chi connectivity index (χ3n) is 3.55. The molecule has 1 atom stereocenters. The van der Waals surface area contributed by atoms with Crippen LogP contribution in [0.25, 0.3) is 0 Å². The maximum atomic E-state index is 11.5. The summed E-state index contributed by atoms with van der Waals surface area (Å²) in [5, 5.41) is 0.